The monoisotopic (exact) mass is 530 g/mol. The predicted octanol–water partition coefficient (Wildman–Crippen LogP) is 8.38. The largest absolute Gasteiger partial charge is 0.326 e. The van der Waals surface area contributed by atoms with Gasteiger partial charge in [-0.2, -0.15) is 0 Å². The summed E-state index contributed by atoms with van der Waals surface area (Å²) in [5, 5.41) is 12.1. The first-order chi connectivity index (χ1) is 18.5. The van der Waals surface area contributed by atoms with Gasteiger partial charge < -0.3 is 4.57 Å². The Kier molecular flexibility index (Phi) is 9.68. The number of unbranched alkanes of at least 4 members (excludes halogenated alkanes) is 2. The van der Waals surface area contributed by atoms with Gasteiger partial charge in [0.05, 0.1) is 16.3 Å². The molecule has 6 nitrogen and oxygen atoms in total. The molecular formula is C31H35ClN4O2. The maximum atomic E-state index is 11.4. The lowest BCUT2D eigenvalue weighted by atomic mass is 10.1. The molecule has 7 heteroatoms. The molecule has 0 aliphatic rings. The Labute approximate surface area is 230 Å². The highest BCUT2D eigenvalue weighted by Crippen LogP contribution is 2.32. The first kappa shape index (κ1) is 27.6. The lowest BCUT2D eigenvalue weighted by Crippen LogP contribution is -2.26. The maximum absolute atomic E-state index is 11.4. The van der Waals surface area contributed by atoms with Crippen LogP contribution in [-0.4, -0.2) is 25.9 Å². The van der Waals surface area contributed by atoms with Gasteiger partial charge in [-0.3, -0.25) is 15.0 Å². The van der Waals surface area contributed by atoms with Crippen molar-refractivity contribution in [2.75, 3.05) is 6.54 Å². The summed E-state index contributed by atoms with van der Waals surface area (Å²) >= 11 is 6.22. The Bertz CT molecular complexity index is 1340. The number of rotatable bonds is 13. The van der Waals surface area contributed by atoms with Crippen LogP contribution >= 0.6 is 11.6 Å². The SMILES string of the molecule is CCCCN(Cc1cccc([N+](=O)[O-])c1)Cc1c(-c2ccc(Cl)cc2)nc(-c2ccccc2)n1CCCC. The van der Waals surface area contributed by atoms with Crippen LogP contribution in [0.5, 0.6) is 0 Å². The fourth-order valence-corrected chi connectivity index (χ4v) is 4.81. The second-order valence-electron chi connectivity index (χ2n) is 9.60. The molecule has 0 aliphatic heterocycles. The van der Waals surface area contributed by atoms with Crippen molar-refractivity contribution in [3.63, 3.8) is 0 Å². The third-order valence-corrected chi connectivity index (χ3v) is 6.94. The standard InChI is InChI=1S/C31H35ClN4O2/c1-3-5-19-34(22-24-11-10-14-28(21-24)36(37)38)23-29-30(25-15-17-27(32)18-16-25)33-31(35(29)20-6-4-2)26-12-8-7-9-13-26/h7-18,21H,3-6,19-20,22-23H2,1-2H3. The van der Waals surface area contributed by atoms with Crippen LogP contribution in [0.3, 0.4) is 0 Å². The van der Waals surface area contributed by atoms with Crippen molar-refractivity contribution in [2.45, 2.75) is 59.2 Å². The summed E-state index contributed by atoms with van der Waals surface area (Å²) < 4.78 is 2.37. The van der Waals surface area contributed by atoms with E-state index in [-0.39, 0.29) is 10.6 Å². The second-order valence-corrected chi connectivity index (χ2v) is 10.0. The van der Waals surface area contributed by atoms with Gasteiger partial charge in [-0.05, 0) is 37.1 Å². The average Bonchev–Trinajstić information content (AvgIpc) is 3.29. The summed E-state index contributed by atoms with van der Waals surface area (Å²) in [5.74, 6) is 0.963. The van der Waals surface area contributed by atoms with E-state index in [0.29, 0.717) is 18.1 Å². The molecule has 0 atom stereocenters. The number of nitro benzene ring substituents is 1. The predicted molar refractivity (Wildman–Crippen MR) is 155 cm³/mol. The fraction of sp³-hybridized carbons (Fsp3) is 0.323. The molecule has 0 aliphatic carbocycles. The van der Waals surface area contributed by atoms with E-state index in [2.05, 4.69) is 35.4 Å². The third-order valence-electron chi connectivity index (χ3n) is 6.69. The minimum Gasteiger partial charge on any atom is -0.326 e. The van der Waals surface area contributed by atoms with Crippen molar-refractivity contribution < 1.29 is 4.92 Å². The first-order valence-electron chi connectivity index (χ1n) is 13.4. The number of nitrogens with zero attached hydrogens (tertiary/aromatic N) is 4. The highest BCUT2D eigenvalue weighted by molar-refractivity contribution is 6.30. The molecule has 0 bridgehead atoms. The normalized spacial score (nSPS) is 11.3. The minimum atomic E-state index is -0.329. The molecular weight excluding hydrogens is 496 g/mol. The van der Waals surface area contributed by atoms with E-state index in [9.17, 15) is 10.1 Å². The van der Waals surface area contributed by atoms with Crippen molar-refractivity contribution in [1.82, 2.24) is 14.5 Å². The zero-order valence-corrected chi connectivity index (χ0v) is 22.9. The summed E-state index contributed by atoms with van der Waals surface area (Å²) in [6.07, 6.45) is 4.23. The van der Waals surface area contributed by atoms with Crippen molar-refractivity contribution in [3.8, 4) is 22.6 Å². The molecule has 0 saturated carbocycles. The smallest absolute Gasteiger partial charge is 0.269 e. The molecule has 4 aromatic rings. The maximum Gasteiger partial charge on any atom is 0.269 e. The van der Waals surface area contributed by atoms with Gasteiger partial charge >= 0.3 is 0 Å². The minimum absolute atomic E-state index is 0.124. The van der Waals surface area contributed by atoms with Gasteiger partial charge in [0.25, 0.3) is 5.69 Å². The lowest BCUT2D eigenvalue weighted by molar-refractivity contribution is -0.384. The van der Waals surface area contributed by atoms with E-state index in [1.165, 1.54) is 0 Å². The number of benzene rings is 3. The Morgan fingerprint density at radius 1 is 0.895 bits per heavy atom. The number of nitro groups is 1. The Balaban J connectivity index is 1.80. The Morgan fingerprint density at radius 2 is 1.63 bits per heavy atom. The van der Waals surface area contributed by atoms with Crippen LogP contribution in [0.15, 0.2) is 78.9 Å². The summed E-state index contributed by atoms with van der Waals surface area (Å²) in [7, 11) is 0. The molecule has 198 valence electrons. The quantitative estimate of drug-likeness (QED) is 0.129. The Morgan fingerprint density at radius 3 is 2.32 bits per heavy atom. The van der Waals surface area contributed by atoms with Gasteiger partial charge in [-0.25, -0.2) is 4.98 Å². The van der Waals surface area contributed by atoms with Crippen LogP contribution in [0.25, 0.3) is 22.6 Å². The molecule has 0 radical (unpaired) electrons. The molecule has 0 fully saturated rings. The number of hydrogen-bond donors (Lipinski definition) is 0. The number of hydrogen-bond acceptors (Lipinski definition) is 4. The van der Waals surface area contributed by atoms with Gasteiger partial charge in [0, 0.05) is 47.9 Å². The molecule has 3 aromatic carbocycles. The zero-order valence-electron chi connectivity index (χ0n) is 22.1. The molecule has 0 N–H and O–H groups in total. The van der Waals surface area contributed by atoms with E-state index < -0.39 is 0 Å². The van der Waals surface area contributed by atoms with Gasteiger partial charge in [-0.1, -0.05) is 92.9 Å². The topological polar surface area (TPSA) is 64.2 Å². The van der Waals surface area contributed by atoms with Crippen molar-refractivity contribution in [2.24, 2.45) is 0 Å². The number of imidazole rings is 1. The van der Waals surface area contributed by atoms with Crippen LogP contribution in [0.2, 0.25) is 5.02 Å². The summed E-state index contributed by atoms with van der Waals surface area (Å²) in [4.78, 5) is 18.7. The zero-order chi connectivity index (χ0) is 26.9. The van der Waals surface area contributed by atoms with Crippen LogP contribution in [0.4, 0.5) is 5.69 Å². The molecule has 0 spiro atoms. The van der Waals surface area contributed by atoms with E-state index >= 15 is 0 Å². The summed E-state index contributed by atoms with van der Waals surface area (Å²) in [6.45, 7) is 7.46. The first-order valence-corrected chi connectivity index (χ1v) is 13.7. The van der Waals surface area contributed by atoms with Gasteiger partial charge in [0.15, 0.2) is 0 Å². The Hall–Kier alpha value is -3.48. The van der Waals surface area contributed by atoms with E-state index in [0.717, 1.165) is 72.7 Å². The van der Waals surface area contributed by atoms with Gasteiger partial charge in [-0.15, -0.1) is 0 Å². The van der Waals surface area contributed by atoms with E-state index in [4.69, 9.17) is 16.6 Å². The van der Waals surface area contributed by atoms with Gasteiger partial charge in [0.1, 0.15) is 5.82 Å². The molecule has 4 rings (SSSR count). The van der Waals surface area contributed by atoms with Crippen molar-refractivity contribution in [1.29, 1.82) is 0 Å². The number of halogens is 1. The van der Waals surface area contributed by atoms with Crippen LogP contribution in [0, 0.1) is 10.1 Å². The number of non-ortho nitro benzene ring substituents is 1. The average molecular weight is 531 g/mol. The molecule has 0 amide bonds. The van der Waals surface area contributed by atoms with Crippen LogP contribution in [-0.2, 0) is 19.6 Å². The third kappa shape index (κ3) is 6.88. The highest BCUT2D eigenvalue weighted by atomic mass is 35.5. The number of aromatic nitrogens is 2. The molecule has 0 saturated heterocycles. The van der Waals surface area contributed by atoms with Gasteiger partial charge in [0.2, 0.25) is 0 Å². The van der Waals surface area contributed by atoms with Crippen LogP contribution in [0.1, 0.15) is 50.8 Å². The lowest BCUT2D eigenvalue weighted by Gasteiger charge is -2.24. The molecule has 0 unspecified atom stereocenters. The van der Waals surface area contributed by atoms with E-state index in [1.807, 2.05) is 48.5 Å². The summed E-state index contributed by atoms with van der Waals surface area (Å²) in [6, 6.07) is 25.2. The molecule has 1 aromatic heterocycles. The highest BCUT2D eigenvalue weighted by Gasteiger charge is 2.22. The van der Waals surface area contributed by atoms with E-state index in [1.54, 1.807) is 18.2 Å². The fourth-order valence-electron chi connectivity index (χ4n) is 4.68. The molecule has 1 heterocycles. The van der Waals surface area contributed by atoms with Crippen molar-refractivity contribution in [3.05, 3.63) is 105 Å². The molecule has 38 heavy (non-hydrogen) atoms. The van der Waals surface area contributed by atoms with Crippen LogP contribution < -0.4 is 0 Å². The van der Waals surface area contributed by atoms with Crippen molar-refractivity contribution >= 4 is 17.3 Å². The second kappa shape index (κ2) is 13.4. The summed E-state index contributed by atoms with van der Waals surface area (Å²) in [5.41, 5.74) is 5.29.